The van der Waals surface area contributed by atoms with Gasteiger partial charge in [-0.15, -0.1) is 22.7 Å². The smallest absolute Gasteiger partial charge is 0.472 e. The molecule has 4 aliphatic heterocycles. The molecular weight excluding hydrogens is 1170 g/mol. The number of halogens is 3. The van der Waals surface area contributed by atoms with Crippen molar-refractivity contribution in [2.75, 3.05) is 52.6 Å². The van der Waals surface area contributed by atoms with Gasteiger partial charge >= 0.3 is 42.4 Å². The maximum atomic E-state index is 14.7. The Kier molecular flexibility index (Phi) is 19.4. The first-order valence-corrected chi connectivity index (χ1v) is 28.5. The number of piperidine rings is 2. The van der Waals surface area contributed by atoms with Crippen molar-refractivity contribution in [2.24, 2.45) is 23.7 Å². The highest BCUT2D eigenvalue weighted by molar-refractivity contribution is 9.10. The molecule has 2 aliphatic carbocycles. The lowest BCUT2D eigenvalue weighted by atomic mass is 9.79. The second kappa shape index (κ2) is 25.8. The lowest BCUT2D eigenvalue weighted by Gasteiger charge is -2.46. The number of amides is 2. The van der Waals surface area contributed by atoms with Crippen molar-refractivity contribution in [1.29, 1.82) is 0 Å². The first-order chi connectivity index (χ1) is 37.4. The lowest BCUT2D eigenvalue weighted by Crippen LogP contribution is -2.59. The number of hydrogen-bond donors (Lipinski definition) is 2. The standard InChI is InChI=1S/C25H26FN3O4S.C18H20BrN3O4S.C7H8BFO2.2O2S/c1-14-3-4-17(19(26)7-14)18-12-34-22-20(18)27-13-28-23(22)32-21-15-8-29(9-16(21)11-31-10-15)24(30)33-25(2)5-6-25;1-18(2-3-18)26-17(23)22-4-10-6-24-7-11(5-22)14(10)25-16-15-13(20-9-21-16)12(19)8-27-15;1-5-2-3-6(8(10)11)7(9)4-5;2*1-3-2/h3-4,7,12-13,15-16,21H,5-6,8-11H2,1-2H3;8-11,14H,2-7H2,1H3;2-4,10-11H,1H3;;. The number of benzene rings is 2. The normalized spacial score (nSPS) is 22.7. The van der Waals surface area contributed by atoms with Crippen LogP contribution in [0.1, 0.15) is 50.7 Å². The van der Waals surface area contributed by atoms with Crippen molar-refractivity contribution in [2.45, 2.75) is 76.8 Å². The predicted molar refractivity (Wildman–Crippen MR) is 287 cm³/mol. The number of likely N-dealkylation sites (tertiary alicyclic amines) is 2. The van der Waals surface area contributed by atoms with E-state index in [4.69, 9.17) is 55.3 Å². The number of aryl methyl sites for hydroxylation is 2. The molecule has 12 rings (SSSR count). The third-order valence-electron chi connectivity index (χ3n) is 14.0. The Balaban J connectivity index is 0.000000162. The maximum Gasteiger partial charge on any atom is 0.491 e. The fourth-order valence-electron chi connectivity index (χ4n) is 9.52. The molecule has 0 radical (unpaired) electrons. The van der Waals surface area contributed by atoms with Crippen molar-refractivity contribution in [1.82, 2.24) is 29.7 Å². The van der Waals surface area contributed by atoms with E-state index in [1.165, 1.54) is 42.2 Å². The van der Waals surface area contributed by atoms with Gasteiger partial charge in [0.15, 0.2) is 0 Å². The summed E-state index contributed by atoms with van der Waals surface area (Å²) >= 11 is 5.03. The zero-order valence-electron chi connectivity index (χ0n) is 42.5. The second-order valence-corrected chi connectivity index (χ2v) is 23.1. The van der Waals surface area contributed by atoms with E-state index in [1.54, 1.807) is 35.3 Å². The minimum Gasteiger partial charge on any atom is -0.472 e. The van der Waals surface area contributed by atoms with E-state index >= 15 is 0 Å². The van der Waals surface area contributed by atoms with Gasteiger partial charge in [0.05, 0.1) is 36.4 Å². The van der Waals surface area contributed by atoms with Gasteiger partial charge in [-0.2, -0.15) is 16.8 Å². The van der Waals surface area contributed by atoms with Gasteiger partial charge in [0.1, 0.15) is 62.6 Å². The molecule has 2 amide bonds. The molecule has 4 saturated heterocycles. The van der Waals surface area contributed by atoms with E-state index in [-0.39, 0.29) is 70.5 Å². The molecule has 4 aromatic heterocycles. The summed E-state index contributed by atoms with van der Waals surface area (Å²) in [5.74, 6) is 0.496. The van der Waals surface area contributed by atoms with Crippen molar-refractivity contribution < 1.29 is 73.7 Å². The van der Waals surface area contributed by atoms with Crippen LogP contribution in [0.25, 0.3) is 31.6 Å². The molecule has 4 atom stereocenters. The first kappa shape index (κ1) is 58.7. The molecular formula is C50H54BBrF2N6O14S4. The Morgan fingerprint density at radius 1 is 0.667 bits per heavy atom. The van der Waals surface area contributed by atoms with E-state index in [9.17, 15) is 18.4 Å². The van der Waals surface area contributed by atoms with Crippen molar-refractivity contribution >= 4 is 107 Å². The Morgan fingerprint density at radius 2 is 1.09 bits per heavy atom. The largest absolute Gasteiger partial charge is 0.491 e. The number of thiophene rings is 2. The topological polar surface area (TPSA) is 256 Å². The summed E-state index contributed by atoms with van der Waals surface area (Å²) in [5, 5.41) is 21.1. The van der Waals surface area contributed by atoms with Crippen LogP contribution in [0, 0.1) is 49.2 Å². The quantitative estimate of drug-likeness (QED) is 0.149. The first-order valence-electron chi connectivity index (χ1n) is 24.6. The molecule has 6 aromatic rings. The van der Waals surface area contributed by atoms with Gasteiger partial charge < -0.3 is 48.3 Å². The van der Waals surface area contributed by atoms with Crippen LogP contribution in [0.3, 0.4) is 0 Å². The van der Waals surface area contributed by atoms with Crippen LogP contribution in [-0.4, -0.2) is 152 Å². The molecule has 4 unspecified atom stereocenters. The number of carbonyl (C=O) groups excluding carboxylic acids is 2. The summed E-state index contributed by atoms with van der Waals surface area (Å²) in [6, 6.07) is 9.44. The average Bonchev–Trinajstić information content (AvgIpc) is 4.21. The van der Waals surface area contributed by atoms with Gasteiger partial charge in [0, 0.05) is 77.2 Å². The van der Waals surface area contributed by atoms with Crippen LogP contribution >= 0.6 is 38.6 Å². The van der Waals surface area contributed by atoms with Gasteiger partial charge in [-0.25, -0.2) is 38.3 Å². The zero-order chi connectivity index (χ0) is 55.9. The van der Waals surface area contributed by atoms with Crippen LogP contribution in [0.5, 0.6) is 11.8 Å². The van der Waals surface area contributed by atoms with Crippen LogP contribution in [0.4, 0.5) is 18.4 Å². The van der Waals surface area contributed by atoms with E-state index in [0.29, 0.717) is 75.4 Å². The minimum absolute atomic E-state index is 0.0195. The molecule has 4 bridgehead atoms. The maximum absolute atomic E-state index is 14.7. The zero-order valence-corrected chi connectivity index (χ0v) is 47.4. The summed E-state index contributed by atoms with van der Waals surface area (Å²) in [7, 11) is -1.73. The Bertz CT molecular complexity index is 3160. The minimum atomic E-state index is -1.73. The number of fused-ring (bicyclic) bond motifs is 6. The van der Waals surface area contributed by atoms with Gasteiger partial charge in [0.25, 0.3) is 0 Å². The highest BCUT2D eigenvalue weighted by atomic mass is 79.9. The number of ether oxygens (including phenoxy) is 6. The molecule has 8 heterocycles. The number of aromatic nitrogens is 4. The molecule has 6 fully saturated rings. The molecule has 78 heavy (non-hydrogen) atoms. The van der Waals surface area contributed by atoms with Crippen LogP contribution in [0.15, 0.2) is 64.3 Å². The number of rotatable bonds is 8. The molecule has 20 nitrogen and oxygen atoms in total. The fourth-order valence-corrected chi connectivity index (χ4v) is 12.0. The summed E-state index contributed by atoms with van der Waals surface area (Å²) in [6.45, 7) is 11.9. The fraction of sp³-hybridized carbons (Fsp3) is 0.480. The molecule has 2 aromatic carbocycles. The molecule has 28 heteroatoms. The van der Waals surface area contributed by atoms with E-state index < -0.39 is 36.1 Å². The van der Waals surface area contributed by atoms with E-state index in [0.717, 1.165) is 61.8 Å². The van der Waals surface area contributed by atoms with Crippen molar-refractivity contribution in [3.05, 3.63) is 87.0 Å². The SMILES string of the molecule is CC1(OC(=O)N2CC3COCC(C2)C3Oc2ncnc3c(Br)csc23)CC1.Cc1ccc(-c2csc3c(OC4C5COCC4CN(C(=O)OC4(C)CC4)C5)ncnc23)c(F)c1.Cc1ccc(B(O)O)c(F)c1.O=S=O.O=S=O. The van der Waals surface area contributed by atoms with E-state index in [2.05, 4.69) is 35.9 Å². The Morgan fingerprint density at radius 3 is 1.53 bits per heavy atom. The van der Waals surface area contributed by atoms with Gasteiger partial charge in [-0.05, 0) is 92.6 Å². The second-order valence-electron chi connectivity index (χ2n) is 20.2. The monoisotopic (exact) mass is 1220 g/mol. The van der Waals surface area contributed by atoms with Gasteiger partial charge in [-0.1, -0.05) is 24.3 Å². The molecule has 0 spiro atoms. The third kappa shape index (κ3) is 14.3. The molecule has 2 saturated carbocycles. The molecule has 416 valence electrons. The summed E-state index contributed by atoms with van der Waals surface area (Å²) in [4.78, 5) is 46.4. The van der Waals surface area contributed by atoms with E-state index in [1.807, 2.05) is 42.5 Å². The van der Waals surface area contributed by atoms with Crippen LogP contribution in [-0.2, 0) is 42.1 Å². The average molecular weight is 1220 g/mol. The van der Waals surface area contributed by atoms with Crippen LogP contribution < -0.4 is 14.9 Å². The number of hydrogen-bond acceptors (Lipinski definition) is 20. The Hall–Kier alpha value is -5.46. The van der Waals surface area contributed by atoms with Gasteiger partial charge in [0.2, 0.25) is 11.8 Å². The highest BCUT2D eigenvalue weighted by Crippen LogP contribution is 2.43. The summed E-state index contributed by atoms with van der Waals surface area (Å²) in [5.41, 5.74) is 3.79. The summed E-state index contributed by atoms with van der Waals surface area (Å²) in [6.07, 6.45) is 6.13. The molecule has 6 aliphatic rings. The third-order valence-corrected chi connectivity index (χ3v) is 16.9. The number of carbonyl (C=O) groups is 2. The predicted octanol–water partition coefficient (Wildman–Crippen LogP) is 6.76. The van der Waals surface area contributed by atoms with Gasteiger partial charge in [-0.3, -0.25) is 0 Å². The van der Waals surface area contributed by atoms with Crippen LogP contribution in [0.2, 0.25) is 0 Å². The highest BCUT2D eigenvalue weighted by Gasteiger charge is 2.49. The Labute approximate surface area is 470 Å². The number of nitrogens with zero attached hydrogens (tertiary/aromatic N) is 6. The van der Waals surface area contributed by atoms with Crippen molar-refractivity contribution in [3.63, 3.8) is 0 Å². The lowest BCUT2D eigenvalue weighted by molar-refractivity contribution is -0.111. The molecule has 2 N–H and O–H groups in total. The summed E-state index contributed by atoms with van der Waals surface area (Å²) < 4.78 is 99.0. The van der Waals surface area contributed by atoms with Crippen molar-refractivity contribution in [3.8, 4) is 22.9 Å².